The molecule has 2 aromatic heterocycles. The number of fused-ring (bicyclic) bond motifs is 1. The van der Waals surface area contributed by atoms with Crippen LogP contribution >= 0.6 is 22.9 Å². The van der Waals surface area contributed by atoms with Crippen LogP contribution in [0.4, 0.5) is 0 Å². The summed E-state index contributed by atoms with van der Waals surface area (Å²) in [6.45, 7) is 1.83. The van der Waals surface area contributed by atoms with Gasteiger partial charge in [-0.2, -0.15) is 13.9 Å². The van der Waals surface area contributed by atoms with Gasteiger partial charge in [0.1, 0.15) is 6.33 Å². The summed E-state index contributed by atoms with van der Waals surface area (Å²) in [5.41, 5.74) is 0.853. The molecule has 0 bridgehead atoms. The fourth-order valence-corrected chi connectivity index (χ4v) is 5.51. The molecule has 0 spiro atoms. The van der Waals surface area contributed by atoms with Crippen LogP contribution < -0.4 is 0 Å². The van der Waals surface area contributed by atoms with E-state index in [-0.39, 0.29) is 11.9 Å². The van der Waals surface area contributed by atoms with Crippen molar-refractivity contribution in [1.29, 1.82) is 0 Å². The van der Waals surface area contributed by atoms with Crippen LogP contribution in [0.5, 0.6) is 5.88 Å². The van der Waals surface area contributed by atoms with Crippen LogP contribution in [0.25, 0.3) is 4.96 Å². The van der Waals surface area contributed by atoms with Crippen molar-refractivity contribution in [2.24, 2.45) is 0 Å². The summed E-state index contributed by atoms with van der Waals surface area (Å²) in [5.74, 6) is 0.0305. The zero-order chi connectivity index (χ0) is 19.2. The van der Waals surface area contributed by atoms with Crippen LogP contribution in [0, 0.1) is 0 Å². The van der Waals surface area contributed by atoms with Gasteiger partial charge in [-0.3, -0.25) is 4.90 Å². The number of halogens is 1. The second-order valence-corrected chi connectivity index (χ2v) is 9.77. The summed E-state index contributed by atoms with van der Waals surface area (Å²) in [6, 6.07) is 7.17. The van der Waals surface area contributed by atoms with Crippen molar-refractivity contribution in [1.82, 2.24) is 23.8 Å². The zero-order valence-electron chi connectivity index (χ0n) is 14.5. The Bertz CT molecular complexity index is 1070. The monoisotopic (exact) mass is 427 g/mol. The Morgan fingerprint density at radius 3 is 2.56 bits per heavy atom. The van der Waals surface area contributed by atoms with E-state index in [0.29, 0.717) is 41.0 Å². The van der Waals surface area contributed by atoms with Gasteiger partial charge in [-0.25, -0.2) is 13.4 Å². The predicted octanol–water partition coefficient (Wildman–Crippen LogP) is 1.82. The van der Waals surface area contributed by atoms with Gasteiger partial charge >= 0.3 is 0 Å². The molecule has 27 heavy (non-hydrogen) atoms. The number of hydrogen-bond acceptors (Lipinski definition) is 7. The smallest absolute Gasteiger partial charge is 0.230 e. The quantitative estimate of drug-likeness (QED) is 0.682. The molecule has 3 aromatic rings. The zero-order valence-corrected chi connectivity index (χ0v) is 16.9. The average Bonchev–Trinajstić information content (AvgIpc) is 3.20. The molecule has 11 heteroatoms. The molecule has 1 atom stereocenters. The third kappa shape index (κ3) is 3.43. The van der Waals surface area contributed by atoms with Crippen LogP contribution in [-0.2, 0) is 10.0 Å². The number of aromatic hydroxyl groups is 1. The van der Waals surface area contributed by atoms with Gasteiger partial charge in [0.25, 0.3) is 0 Å². The molecule has 4 rings (SSSR count). The SMILES string of the molecule is CS(=O)(=O)N1CCN([C@H](c2ccccc2Cl)c2sc3ncnn3c2O)CC1. The van der Waals surface area contributed by atoms with Crippen molar-refractivity contribution >= 4 is 37.9 Å². The average molecular weight is 428 g/mol. The van der Waals surface area contributed by atoms with Gasteiger partial charge in [0.2, 0.25) is 20.9 Å². The second-order valence-electron chi connectivity index (χ2n) is 6.37. The number of piperazine rings is 1. The summed E-state index contributed by atoms with van der Waals surface area (Å²) < 4.78 is 26.5. The van der Waals surface area contributed by atoms with Crippen molar-refractivity contribution < 1.29 is 13.5 Å². The van der Waals surface area contributed by atoms with Crippen molar-refractivity contribution in [2.45, 2.75) is 6.04 Å². The van der Waals surface area contributed by atoms with E-state index in [4.69, 9.17) is 11.6 Å². The Labute approximate surface area is 165 Å². The second kappa shape index (κ2) is 7.02. The van der Waals surface area contributed by atoms with Gasteiger partial charge in [0, 0.05) is 31.2 Å². The summed E-state index contributed by atoms with van der Waals surface area (Å²) in [4.78, 5) is 7.57. The van der Waals surface area contributed by atoms with Crippen LogP contribution in [0.3, 0.4) is 0 Å². The maximum atomic E-state index is 11.8. The molecule has 1 aromatic carbocycles. The van der Waals surface area contributed by atoms with Crippen LogP contribution in [0.15, 0.2) is 30.6 Å². The lowest BCUT2D eigenvalue weighted by Crippen LogP contribution is -2.49. The summed E-state index contributed by atoms with van der Waals surface area (Å²) >= 11 is 7.82. The first-order valence-electron chi connectivity index (χ1n) is 8.31. The summed E-state index contributed by atoms with van der Waals surface area (Å²) in [5, 5.41) is 15.4. The Morgan fingerprint density at radius 1 is 1.22 bits per heavy atom. The molecule has 1 saturated heterocycles. The normalized spacial score (nSPS) is 18.1. The third-order valence-electron chi connectivity index (χ3n) is 4.69. The van der Waals surface area contributed by atoms with Gasteiger partial charge in [-0.05, 0) is 11.6 Å². The molecule has 144 valence electrons. The van der Waals surface area contributed by atoms with Gasteiger partial charge in [0.05, 0.1) is 17.2 Å². The first-order chi connectivity index (χ1) is 12.9. The lowest BCUT2D eigenvalue weighted by atomic mass is 10.0. The summed E-state index contributed by atoms with van der Waals surface area (Å²) in [6.07, 6.45) is 2.62. The molecule has 0 amide bonds. The highest BCUT2D eigenvalue weighted by molar-refractivity contribution is 7.88. The van der Waals surface area contributed by atoms with Gasteiger partial charge in [-0.1, -0.05) is 41.1 Å². The van der Waals surface area contributed by atoms with Crippen LogP contribution in [-0.4, -0.2) is 69.8 Å². The largest absolute Gasteiger partial charge is 0.492 e. The number of hydrogen-bond donors (Lipinski definition) is 1. The highest BCUT2D eigenvalue weighted by Gasteiger charge is 2.34. The van der Waals surface area contributed by atoms with Crippen molar-refractivity contribution in [3.8, 4) is 5.88 Å². The molecule has 0 unspecified atom stereocenters. The highest BCUT2D eigenvalue weighted by Crippen LogP contribution is 2.42. The maximum absolute atomic E-state index is 11.8. The lowest BCUT2D eigenvalue weighted by Gasteiger charge is -2.38. The first kappa shape index (κ1) is 18.6. The molecule has 3 heterocycles. The molecule has 1 aliphatic rings. The van der Waals surface area contributed by atoms with E-state index in [1.54, 1.807) is 0 Å². The number of nitrogens with zero attached hydrogens (tertiary/aromatic N) is 5. The van der Waals surface area contributed by atoms with E-state index in [0.717, 1.165) is 5.56 Å². The van der Waals surface area contributed by atoms with E-state index < -0.39 is 10.0 Å². The van der Waals surface area contributed by atoms with Crippen molar-refractivity contribution in [3.63, 3.8) is 0 Å². The van der Waals surface area contributed by atoms with E-state index in [2.05, 4.69) is 15.0 Å². The Balaban J connectivity index is 1.75. The fraction of sp³-hybridized carbons (Fsp3) is 0.375. The molecule has 1 aliphatic heterocycles. The number of benzene rings is 1. The highest BCUT2D eigenvalue weighted by atomic mass is 35.5. The van der Waals surface area contributed by atoms with Crippen molar-refractivity contribution in [2.75, 3.05) is 32.4 Å². The van der Waals surface area contributed by atoms with E-state index in [1.165, 1.54) is 32.7 Å². The minimum absolute atomic E-state index is 0.0305. The number of thiazole rings is 1. The summed E-state index contributed by atoms with van der Waals surface area (Å²) in [7, 11) is -3.22. The molecule has 0 aliphatic carbocycles. The Hall–Kier alpha value is -1.72. The molecular weight excluding hydrogens is 410 g/mol. The van der Waals surface area contributed by atoms with Gasteiger partial charge < -0.3 is 5.11 Å². The molecule has 8 nitrogen and oxygen atoms in total. The number of rotatable bonds is 4. The third-order valence-corrected chi connectivity index (χ3v) is 7.43. The minimum Gasteiger partial charge on any atom is -0.492 e. The van der Waals surface area contributed by atoms with E-state index >= 15 is 0 Å². The van der Waals surface area contributed by atoms with Crippen molar-refractivity contribution in [3.05, 3.63) is 46.1 Å². The van der Waals surface area contributed by atoms with Crippen LogP contribution in [0.2, 0.25) is 5.02 Å². The van der Waals surface area contributed by atoms with Crippen LogP contribution in [0.1, 0.15) is 16.5 Å². The number of sulfonamides is 1. The standard InChI is InChI=1S/C16H18ClN5O3S2/c1-27(24,25)21-8-6-20(7-9-21)13(11-4-2-3-5-12(11)17)14-15(23)22-16(26-14)18-10-19-22/h2-5,10,13,23H,6-9H2,1H3/t13-/m1/s1. The van der Waals surface area contributed by atoms with Gasteiger partial charge in [0.15, 0.2) is 0 Å². The van der Waals surface area contributed by atoms with E-state index in [9.17, 15) is 13.5 Å². The fourth-order valence-electron chi connectivity index (χ4n) is 3.37. The maximum Gasteiger partial charge on any atom is 0.230 e. The molecule has 0 saturated carbocycles. The Kier molecular flexibility index (Phi) is 4.85. The molecular formula is C16H18ClN5O3S2. The van der Waals surface area contributed by atoms with Gasteiger partial charge in [-0.15, -0.1) is 0 Å². The predicted molar refractivity (Wildman–Crippen MR) is 104 cm³/mol. The number of aromatic nitrogens is 3. The topological polar surface area (TPSA) is 91.0 Å². The molecule has 1 fully saturated rings. The van der Waals surface area contributed by atoms with E-state index in [1.807, 2.05) is 24.3 Å². The molecule has 1 N–H and O–H groups in total. The minimum atomic E-state index is -3.22. The lowest BCUT2D eigenvalue weighted by molar-refractivity contribution is 0.156. The Morgan fingerprint density at radius 2 is 1.93 bits per heavy atom. The molecule has 0 radical (unpaired) electrons. The first-order valence-corrected chi connectivity index (χ1v) is 11.4.